The van der Waals surface area contributed by atoms with Gasteiger partial charge in [0, 0.05) is 5.56 Å². The summed E-state index contributed by atoms with van der Waals surface area (Å²) < 4.78 is 37.5. The van der Waals surface area contributed by atoms with Crippen LogP contribution < -0.4 is 0 Å². The average molecular weight is 283 g/mol. The molecule has 0 radical (unpaired) electrons. The number of Topliss-reactive ketones (excluding diaryl/α,β-unsaturated/α-hetero) is 1. The topological polar surface area (TPSA) is 17.1 Å². The fraction of sp³-hybridized carbons (Fsp3) is 0.300. The van der Waals surface area contributed by atoms with Crippen LogP contribution in [0.4, 0.5) is 13.2 Å². The molecule has 0 fully saturated rings. The Balaban J connectivity index is 0.000000921. The molecule has 0 heterocycles. The predicted octanol–water partition coefficient (Wildman–Crippen LogP) is 3.71. The molecule has 15 heavy (non-hydrogen) atoms. The van der Waals surface area contributed by atoms with Crippen molar-refractivity contribution in [1.29, 1.82) is 0 Å². The van der Waals surface area contributed by atoms with E-state index in [-0.39, 0.29) is 10.9 Å². The van der Waals surface area contributed by atoms with E-state index in [1.807, 2.05) is 13.8 Å². The molecule has 0 aliphatic heterocycles. The highest BCUT2D eigenvalue weighted by Crippen LogP contribution is 2.14. The van der Waals surface area contributed by atoms with Crippen molar-refractivity contribution in [2.45, 2.75) is 13.8 Å². The fourth-order valence-corrected chi connectivity index (χ4v) is 1.12. The second kappa shape index (κ2) is 6.61. The van der Waals surface area contributed by atoms with Crippen molar-refractivity contribution in [2.24, 2.45) is 0 Å². The van der Waals surface area contributed by atoms with Crippen LogP contribution in [0, 0.1) is 17.5 Å². The second-order valence-corrected chi connectivity index (χ2v) is 2.87. The third-order valence-electron chi connectivity index (χ3n) is 1.43. The molecule has 1 rings (SSSR count). The lowest BCUT2D eigenvalue weighted by Gasteiger charge is -1.99. The average Bonchev–Trinajstić information content (AvgIpc) is 2.26. The third-order valence-corrected chi connectivity index (χ3v) is 1.94. The molecular weight excluding hydrogens is 273 g/mol. The summed E-state index contributed by atoms with van der Waals surface area (Å²) in [6, 6.07) is 1.34. The lowest BCUT2D eigenvalue weighted by Crippen LogP contribution is -2.03. The van der Waals surface area contributed by atoms with E-state index in [1.54, 1.807) is 0 Å². The molecular formula is C10H10BrF3O. The van der Waals surface area contributed by atoms with Gasteiger partial charge in [-0.25, -0.2) is 13.2 Å². The number of benzene rings is 1. The normalized spacial score (nSPS) is 9.20. The molecule has 0 amide bonds. The van der Waals surface area contributed by atoms with E-state index in [9.17, 15) is 18.0 Å². The summed E-state index contributed by atoms with van der Waals surface area (Å²) in [5.41, 5.74) is -0.187. The summed E-state index contributed by atoms with van der Waals surface area (Å²) in [6.07, 6.45) is 0. The van der Waals surface area contributed by atoms with Crippen LogP contribution in [0.2, 0.25) is 0 Å². The minimum absolute atomic E-state index is 0.0580. The monoisotopic (exact) mass is 282 g/mol. The first-order chi connectivity index (χ1) is 7.06. The smallest absolute Gasteiger partial charge is 0.194 e. The van der Waals surface area contributed by atoms with Crippen molar-refractivity contribution in [3.05, 3.63) is 35.1 Å². The second-order valence-electron chi connectivity index (χ2n) is 2.31. The van der Waals surface area contributed by atoms with Gasteiger partial charge in [-0.3, -0.25) is 4.79 Å². The van der Waals surface area contributed by atoms with Crippen LogP contribution in [0.1, 0.15) is 24.2 Å². The Hall–Kier alpha value is -0.840. The highest BCUT2D eigenvalue weighted by atomic mass is 79.9. The van der Waals surface area contributed by atoms with E-state index in [0.29, 0.717) is 12.1 Å². The molecule has 0 unspecified atom stereocenters. The molecule has 1 aromatic rings. The number of halogens is 4. The maximum Gasteiger partial charge on any atom is 0.194 e. The van der Waals surface area contributed by atoms with Gasteiger partial charge in [-0.2, -0.15) is 0 Å². The van der Waals surface area contributed by atoms with E-state index in [4.69, 9.17) is 0 Å². The van der Waals surface area contributed by atoms with Crippen LogP contribution in [-0.4, -0.2) is 11.1 Å². The van der Waals surface area contributed by atoms with Crippen molar-refractivity contribution >= 4 is 21.7 Å². The molecule has 84 valence electrons. The number of hydrogen-bond acceptors (Lipinski definition) is 1. The van der Waals surface area contributed by atoms with Crippen LogP contribution >= 0.6 is 15.9 Å². The zero-order chi connectivity index (χ0) is 12.0. The Bertz CT molecular complexity index is 330. The van der Waals surface area contributed by atoms with Crippen LogP contribution in [0.3, 0.4) is 0 Å². The molecule has 1 aromatic carbocycles. The summed E-state index contributed by atoms with van der Waals surface area (Å²) in [5, 5.41) is -0.0580. The number of alkyl halides is 1. The Morgan fingerprint density at radius 2 is 1.60 bits per heavy atom. The molecule has 0 saturated carbocycles. The zero-order valence-electron chi connectivity index (χ0n) is 8.28. The summed E-state index contributed by atoms with van der Waals surface area (Å²) in [7, 11) is 0. The van der Waals surface area contributed by atoms with Gasteiger partial charge < -0.3 is 0 Å². The van der Waals surface area contributed by atoms with Crippen molar-refractivity contribution in [3.63, 3.8) is 0 Å². The molecule has 1 nitrogen and oxygen atoms in total. The van der Waals surface area contributed by atoms with Gasteiger partial charge in [-0.15, -0.1) is 0 Å². The van der Waals surface area contributed by atoms with E-state index >= 15 is 0 Å². The van der Waals surface area contributed by atoms with E-state index in [0.717, 1.165) is 0 Å². The molecule has 0 saturated heterocycles. The summed E-state index contributed by atoms with van der Waals surface area (Å²) in [6.45, 7) is 4.00. The lowest BCUT2D eigenvalue weighted by atomic mass is 10.1. The minimum atomic E-state index is -1.56. The van der Waals surface area contributed by atoms with E-state index < -0.39 is 23.2 Å². The van der Waals surface area contributed by atoms with E-state index in [2.05, 4.69) is 15.9 Å². The molecule has 5 heteroatoms. The van der Waals surface area contributed by atoms with Crippen molar-refractivity contribution in [2.75, 3.05) is 5.33 Å². The number of carbonyl (C=O) groups excluding carboxylic acids is 1. The maximum absolute atomic E-state index is 12.6. The van der Waals surface area contributed by atoms with Crippen LogP contribution in [-0.2, 0) is 0 Å². The molecule has 0 spiro atoms. The first-order valence-electron chi connectivity index (χ1n) is 4.30. The molecule has 0 aliphatic carbocycles. The van der Waals surface area contributed by atoms with Crippen LogP contribution in [0.5, 0.6) is 0 Å². The maximum atomic E-state index is 12.6. The van der Waals surface area contributed by atoms with Gasteiger partial charge in [0.15, 0.2) is 23.2 Å². The van der Waals surface area contributed by atoms with E-state index in [1.165, 1.54) is 0 Å². The Morgan fingerprint density at radius 1 is 1.20 bits per heavy atom. The van der Waals surface area contributed by atoms with Gasteiger partial charge in [-0.05, 0) is 12.1 Å². The Morgan fingerprint density at radius 3 is 1.93 bits per heavy atom. The predicted molar refractivity (Wildman–Crippen MR) is 55.8 cm³/mol. The quantitative estimate of drug-likeness (QED) is 0.459. The standard InChI is InChI=1S/C8H4BrF3O.C2H6/c9-3-7(13)4-1-5(10)8(12)6(11)2-4;1-2/h1-2H,3H2;1-2H3. The summed E-state index contributed by atoms with van der Waals surface area (Å²) >= 11 is 2.83. The largest absolute Gasteiger partial charge is 0.293 e. The number of carbonyl (C=O) groups is 1. The van der Waals surface area contributed by atoms with Gasteiger partial charge in [0.05, 0.1) is 5.33 Å². The molecule has 0 bridgehead atoms. The van der Waals surface area contributed by atoms with Gasteiger partial charge in [0.1, 0.15) is 0 Å². The zero-order valence-corrected chi connectivity index (χ0v) is 9.87. The van der Waals surface area contributed by atoms with Crippen molar-refractivity contribution in [3.8, 4) is 0 Å². The number of hydrogen-bond donors (Lipinski definition) is 0. The van der Waals surface area contributed by atoms with Gasteiger partial charge in [-0.1, -0.05) is 29.8 Å². The number of ketones is 1. The molecule has 0 N–H and O–H groups in total. The summed E-state index contributed by atoms with van der Waals surface area (Å²) in [4.78, 5) is 10.9. The van der Waals surface area contributed by atoms with Crippen LogP contribution in [0.15, 0.2) is 12.1 Å². The minimum Gasteiger partial charge on any atom is -0.293 e. The lowest BCUT2D eigenvalue weighted by molar-refractivity contribution is 0.102. The first-order valence-corrected chi connectivity index (χ1v) is 5.42. The molecule has 0 atom stereocenters. The Kier molecular flexibility index (Phi) is 6.24. The summed E-state index contributed by atoms with van der Waals surface area (Å²) in [5.74, 6) is -4.78. The van der Waals surface area contributed by atoms with Gasteiger partial charge in [0.25, 0.3) is 0 Å². The van der Waals surface area contributed by atoms with Gasteiger partial charge in [0.2, 0.25) is 0 Å². The van der Waals surface area contributed by atoms with Crippen molar-refractivity contribution < 1.29 is 18.0 Å². The fourth-order valence-electron chi connectivity index (χ4n) is 0.794. The third kappa shape index (κ3) is 3.66. The Labute approximate surface area is 94.4 Å². The SMILES string of the molecule is CC.O=C(CBr)c1cc(F)c(F)c(F)c1. The van der Waals surface area contributed by atoms with Gasteiger partial charge >= 0.3 is 0 Å². The highest BCUT2D eigenvalue weighted by molar-refractivity contribution is 9.09. The number of rotatable bonds is 2. The molecule has 0 aliphatic rings. The van der Waals surface area contributed by atoms with Crippen LogP contribution in [0.25, 0.3) is 0 Å². The highest BCUT2D eigenvalue weighted by Gasteiger charge is 2.13. The van der Waals surface area contributed by atoms with Crippen molar-refractivity contribution in [1.82, 2.24) is 0 Å². The molecule has 0 aromatic heterocycles. The first kappa shape index (κ1) is 14.2.